The topological polar surface area (TPSA) is 16.4 Å². The van der Waals surface area contributed by atoms with Crippen LogP contribution in [0.2, 0.25) is 0 Å². The summed E-state index contributed by atoms with van der Waals surface area (Å²) in [5, 5.41) is 12.1. The fourth-order valence-corrected chi connectivity index (χ4v) is 7.89. The fraction of sp³-hybridized carbons (Fsp3) is 0.0213. The van der Waals surface area contributed by atoms with Gasteiger partial charge in [0.25, 0.3) is 0 Å². The number of hydrogen-bond acceptors (Lipinski definition) is 2. The smallest absolute Gasteiger partial charge is 0.144 e. The van der Waals surface area contributed by atoms with Crippen molar-refractivity contribution in [2.24, 2.45) is 0 Å². The molecule has 9 aromatic carbocycles. The number of benzene rings is 9. The molecule has 0 saturated heterocycles. The lowest BCUT2D eigenvalue weighted by molar-refractivity contribution is 0.673. The molecule has 230 valence electrons. The molecule has 0 bridgehead atoms. The van der Waals surface area contributed by atoms with Gasteiger partial charge in [-0.05, 0) is 98.4 Å². The average molecular weight is 626 g/mol. The SMILES string of the molecule is Cc1cccc(N(c2ccc(-c3ccccc3)cc2)c2ccc3oc4c(c3c2)c2ccccc2c2c3ccccc3c3ccccc3c42)c1. The summed E-state index contributed by atoms with van der Waals surface area (Å²) in [7, 11) is 0. The Morgan fingerprint density at radius 3 is 1.57 bits per heavy atom. The van der Waals surface area contributed by atoms with Crippen LogP contribution in [-0.4, -0.2) is 0 Å². The highest BCUT2D eigenvalue weighted by molar-refractivity contribution is 6.41. The van der Waals surface area contributed by atoms with Crippen molar-refractivity contribution >= 4 is 82.1 Å². The molecule has 0 spiro atoms. The third-order valence-corrected chi connectivity index (χ3v) is 10.0. The number of anilines is 3. The Morgan fingerprint density at radius 2 is 0.898 bits per heavy atom. The predicted octanol–water partition coefficient (Wildman–Crippen LogP) is 13.6. The number of nitrogens with zero attached hydrogens (tertiary/aromatic N) is 1. The van der Waals surface area contributed by atoms with E-state index in [1.54, 1.807) is 0 Å². The number of furan rings is 1. The van der Waals surface area contributed by atoms with E-state index in [9.17, 15) is 0 Å². The highest BCUT2D eigenvalue weighted by Crippen LogP contribution is 2.48. The Kier molecular flexibility index (Phi) is 6.13. The molecule has 0 unspecified atom stereocenters. The molecule has 0 N–H and O–H groups in total. The van der Waals surface area contributed by atoms with Crippen LogP contribution in [0.4, 0.5) is 17.1 Å². The first-order valence-corrected chi connectivity index (χ1v) is 16.9. The lowest BCUT2D eigenvalue weighted by Crippen LogP contribution is -2.10. The Morgan fingerprint density at radius 1 is 0.367 bits per heavy atom. The Labute approximate surface area is 284 Å². The summed E-state index contributed by atoms with van der Waals surface area (Å²) in [6.07, 6.45) is 0. The first kappa shape index (κ1) is 27.7. The average Bonchev–Trinajstić information content (AvgIpc) is 3.55. The van der Waals surface area contributed by atoms with Crippen molar-refractivity contribution in [1.29, 1.82) is 0 Å². The quantitative estimate of drug-likeness (QED) is 0.181. The van der Waals surface area contributed by atoms with Gasteiger partial charge in [0.05, 0.1) is 0 Å². The molecule has 10 rings (SSSR count). The summed E-state index contributed by atoms with van der Waals surface area (Å²) < 4.78 is 6.94. The van der Waals surface area contributed by atoms with Crippen LogP contribution in [0.25, 0.3) is 76.2 Å². The number of fused-ring (bicyclic) bond motifs is 13. The van der Waals surface area contributed by atoms with Gasteiger partial charge in [0.1, 0.15) is 11.2 Å². The molecule has 1 aromatic heterocycles. The van der Waals surface area contributed by atoms with Crippen molar-refractivity contribution in [2.75, 3.05) is 4.90 Å². The van der Waals surface area contributed by atoms with E-state index in [1.807, 2.05) is 0 Å². The lowest BCUT2D eigenvalue weighted by Gasteiger charge is -2.26. The van der Waals surface area contributed by atoms with E-state index in [2.05, 4.69) is 182 Å². The molecule has 2 nitrogen and oxygen atoms in total. The summed E-state index contributed by atoms with van der Waals surface area (Å²) >= 11 is 0. The zero-order valence-corrected chi connectivity index (χ0v) is 27.0. The van der Waals surface area contributed by atoms with E-state index in [0.717, 1.165) is 39.0 Å². The molecule has 0 saturated carbocycles. The number of rotatable bonds is 4. The minimum absolute atomic E-state index is 0.886. The second-order valence-electron chi connectivity index (χ2n) is 13.0. The van der Waals surface area contributed by atoms with Crippen LogP contribution in [0, 0.1) is 6.92 Å². The molecule has 0 aliphatic heterocycles. The largest absolute Gasteiger partial charge is 0.455 e. The molecule has 0 amide bonds. The minimum atomic E-state index is 0.886. The number of aryl methyl sites for hydroxylation is 1. The molecule has 0 atom stereocenters. The van der Waals surface area contributed by atoms with E-state index in [0.29, 0.717) is 0 Å². The van der Waals surface area contributed by atoms with Crippen molar-refractivity contribution in [3.63, 3.8) is 0 Å². The standard InChI is InChI=1S/C47H31NO/c1-30-12-11-15-34(28-30)48(33-24-22-32(23-25-33)31-13-3-2-4-14-31)35-26-27-43-42(29-35)45-41-21-10-9-20-40(41)44-38-18-7-5-16-36(38)37-17-6-8-19-39(37)46(44)47(45)49-43/h2-29H,1H3. The zero-order valence-electron chi connectivity index (χ0n) is 27.0. The van der Waals surface area contributed by atoms with Crippen molar-refractivity contribution < 1.29 is 4.42 Å². The molecule has 0 aliphatic carbocycles. The van der Waals surface area contributed by atoms with Gasteiger partial charge in [-0.3, -0.25) is 0 Å². The molecule has 0 aliphatic rings. The maximum Gasteiger partial charge on any atom is 0.144 e. The first-order chi connectivity index (χ1) is 24.2. The molecule has 10 aromatic rings. The second kappa shape index (κ2) is 10.8. The molecule has 0 radical (unpaired) electrons. The van der Waals surface area contributed by atoms with Crippen LogP contribution < -0.4 is 4.90 Å². The monoisotopic (exact) mass is 625 g/mol. The summed E-state index contributed by atoms with van der Waals surface area (Å²) in [6, 6.07) is 61.2. The Hall–Kier alpha value is -6.38. The summed E-state index contributed by atoms with van der Waals surface area (Å²) in [4.78, 5) is 2.35. The van der Waals surface area contributed by atoms with Crippen molar-refractivity contribution in [3.8, 4) is 11.1 Å². The molecular formula is C47H31NO. The van der Waals surface area contributed by atoms with Crippen molar-refractivity contribution in [2.45, 2.75) is 6.92 Å². The van der Waals surface area contributed by atoms with Gasteiger partial charge in [-0.2, -0.15) is 0 Å². The fourth-order valence-electron chi connectivity index (χ4n) is 7.89. The summed E-state index contributed by atoms with van der Waals surface area (Å²) in [6.45, 7) is 2.15. The Bertz CT molecular complexity index is 2880. The van der Waals surface area contributed by atoms with E-state index in [4.69, 9.17) is 4.42 Å². The van der Waals surface area contributed by atoms with Crippen LogP contribution in [0.1, 0.15) is 5.56 Å². The molecule has 2 heteroatoms. The molecule has 1 heterocycles. The van der Waals surface area contributed by atoms with E-state index in [1.165, 1.54) is 59.8 Å². The zero-order chi connectivity index (χ0) is 32.5. The molecule has 49 heavy (non-hydrogen) atoms. The van der Waals surface area contributed by atoms with Crippen LogP contribution in [0.3, 0.4) is 0 Å². The maximum atomic E-state index is 6.94. The highest BCUT2D eigenvalue weighted by Gasteiger charge is 2.22. The van der Waals surface area contributed by atoms with Crippen LogP contribution in [0.5, 0.6) is 0 Å². The summed E-state index contributed by atoms with van der Waals surface area (Å²) in [5.41, 5.74) is 8.76. The van der Waals surface area contributed by atoms with Gasteiger partial charge < -0.3 is 9.32 Å². The van der Waals surface area contributed by atoms with Gasteiger partial charge in [0.2, 0.25) is 0 Å². The van der Waals surface area contributed by atoms with Crippen LogP contribution in [-0.2, 0) is 0 Å². The first-order valence-electron chi connectivity index (χ1n) is 16.9. The normalized spacial score (nSPS) is 11.8. The molecule has 0 fully saturated rings. The lowest BCUT2D eigenvalue weighted by atomic mass is 9.89. The van der Waals surface area contributed by atoms with Gasteiger partial charge in [-0.25, -0.2) is 0 Å². The van der Waals surface area contributed by atoms with Crippen LogP contribution in [0.15, 0.2) is 174 Å². The van der Waals surface area contributed by atoms with Gasteiger partial charge in [-0.15, -0.1) is 0 Å². The van der Waals surface area contributed by atoms with Crippen LogP contribution >= 0.6 is 0 Å². The van der Waals surface area contributed by atoms with E-state index < -0.39 is 0 Å². The van der Waals surface area contributed by atoms with Crippen molar-refractivity contribution in [3.05, 3.63) is 175 Å². The third-order valence-electron chi connectivity index (χ3n) is 10.0. The highest BCUT2D eigenvalue weighted by atomic mass is 16.3. The number of hydrogen-bond donors (Lipinski definition) is 0. The predicted molar refractivity (Wildman–Crippen MR) is 209 cm³/mol. The van der Waals surface area contributed by atoms with E-state index >= 15 is 0 Å². The Balaban J connectivity index is 1.27. The van der Waals surface area contributed by atoms with Gasteiger partial charge in [0, 0.05) is 38.6 Å². The third kappa shape index (κ3) is 4.28. The van der Waals surface area contributed by atoms with Gasteiger partial charge in [0.15, 0.2) is 0 Å². The second-order valence-corrected chi connectivity index (χ2v) is 13.0. The van der Waals surface area contributed by atoms with Gasteiger partial charge >= 0.3 is 0 Å². The van der Waals surface area contributed by atoms with E-state index in [-0.39, 0.29) is 0 Å². The molecular weight excluding hydrogens is 595 g/mol. The van der Waals surface area contributed by atoms with Gasteiger partial charge in [-0.1, -0.05) is 127 Å². The summed E-state index contributed by atoms with van der Waals surface area (Å²) in [5.74, 6) is 0. The maximum absolute atomic E-state index is 6.94. The minimum Gasteiger partial charge on any atom is -0.455 e. The van der Waals surface area contributed by atoms with Crippen molar-refractivity contribution in [1.82, 2.24) is 0 Å².